The highest BCUT2D eigenvalue weighted by Crippen LogP contribution is 2.34. The quantitative estimate of drug-likeness (QED) is 0.318. The number of ether oxygens (including phenoxy) is 2. The van der Waals surface area contributed by atoms with Crippen molar-refractivity contribution in [3.63, 3.8) is 0 Å². The Hall–Kier alpha value is -2.86. The number of anilines is 1. The van der Waals surface area contributed by atoms with Gasteiger partial charge in [0.25, 0.3) is 0 Å². The standard InChI is InChI=1S/C26H33N3O6S2/c1-25(2,36(30)31)21-9-7-19(34-5)12-16(21)11-18-15-28-23(29-24(18)27)14-17-13-20(35-6)8-10-22(17)26(3,4)37(32)33/h7-10,12-13,15H,11,14H2,1-6H3,(H,30,31)(H,32,33)(H2,27,28,29). The first-order chi connectivity index (χ1) is 17.3. The minimum Gasteiger partial charge on any atom is -0.497 e. The third kappa shape index (κ3) is 6.18. The first-order valence-electron chi connectivity index (χ1n) is 11.5. The highest BCUT2D eigenvalue weighted by Gasteiger charge is 2.31. The number of aromatic nitrogens is 2. The Bertz CT molecular complexity index is 1340. The lowest BCUT2D eigenvalue weighted by atomic mass is 9.92. The van der Waals surface area contributed by atoms with Crippen molar-refractivity contribution in [2.45, 2.75) is 50.0 Å². The summed E-state index contributed by atoms with van der Waals surface area (Å²) in [6.45, 7) is 6.78. The Kier molecular flexibility index (Phi) is 8.74. The van der Waals surface area contributed by atoms with Crippen molar-refractivity contribution < 1.29 is 27.0 Å². The van der Waals surface area contributed by atoms with E-state index in [1.54, 1.807) is 78.4 Å². The average molecular weight is 548 g/mol. The molecule has 0 bridgehead atoms. The van der Waals surface area contributed by atoms with Gasteiger partial charge < -0.3 is 24.3 Å². The molecule has 3 rings (SSSR count). The Morgan fingerprint density at radius 1 is 0.811 bits per heavy atom. The molecule has 11 heteroatoms. The van der Waals surface area contributed by atoms with E-state index in [2.05, 4.69) is 9.97 Å². The molecule has 0 radical (unpaired) electrons. The zero-order valence-corrected chi connectivity index (χ0v) is 23.4. The largest absolute Gasteiger partial charge is 0.497 e. The molecule has 0 fully saturated rings. The van der Waals surface area contributed by atoms with Crippen molar-refractivity contribution in [1.29, 1.82) is 0 Å². The van der Waals surface area contributed by atoms with Gasteiger partial charge in [-0.2, -0.15) is 0 Å². The second-order valence-electron chi connectivity index (χ2n) is 9.62. The topological polar surface area (TPSA) is 145 Å². The summed E-state index contributed by atoms with van der Waals surface area (Å²) >= 11 is -4.21. The van der Waals surface area contributed by atoms with Crippen LogP contribution in [0.5, 0.6) is 11.5 Å². The van der Waals surface area contributed by atoms with Crippen molar-refractivity contribution >= 4 is 28.0 Å². The van der Waals surface area contributed by atoms with Gasteiger partial charge in [-0.25, -0.2) is 18.4 Å². The molecule has 0 spiro atoms. The van der Waals surface area contributed by atoms with E-state index in [0.29, 0.717) is 40.4 Å². The molecule has 3 aromatic rings. The average Bonchev–Trinajstić information content (AvgIpc) is 2.85. The predicted molar refractivity (Wildman–Crippen MR) is 146 cm³/mol. The Balaban J connectivity index is 1.98. The fourth-order valence-electron chi connectivity index (χ4n) is 4.10. The molecular weight excluding hydrogens is 514 g/mol. The third-order valence-corrected chi connectivity index (χ3v) is 8.66. The maximum atomic E-state index is 12.0. The van der Waals surface area contributed by atoms with Crippen LogP contribution in [0.4, 0.5) is 5.82 Å². The smallest absolute Gasteiger partial charge is 0.163 e. The lowest BCUT2D eigenvalue weighted by molar-refractivity contribution is 0.413. The molecule has 1 heterocycles. The van der Waals surface area contributed by atoms with Crippen LogP contribution in [0.3, 0.4) is 0 Å². The Morgan fingerprint density at radius 2 is 1.27 bits per heavy atom. The zero-order valence-electron chi connectivity index (χ0n) is 21.8. The number of methoxy groups -OCH3 is 2. The van der Waals surface area contributed by atoms with Crippen LogP contribution in [0.2, 0.25) is 0 Å². The maximum absolute atomic E-state index is 12.0. The Morgan fingerprint density at radius 3 is 1.68 bits per heavy atom. The van der Waals surface area contributed by atoms with Gasteiger partial charge in [-0.3, -0.25) is 0 Å². The van der Waals surface area contributed by atoms with Gasteiger partial charge in [0.2, 0.25) is 0 Å². The number of rotatable bonds is 10. The number of hydrogen-bond acceptors (Lipinski definition) is 7. The molecule has 0 aliphatic heterocycles. The van der Waals surface area contributed by atoms with Gasteiger partial charge in [0.1, 0.15) is 23.1 Å². The molecule has 37 heavy (non-hydrogen) atoms. The molecule has 9 nitrogen and oxygen atoms in total. The fourth-order valence-corrected chi connectivity index (χ4v) is 4.88. The summed E-state index contributed by atoms with van der Waals surface area (Å²) in [6, 6.07) is 10.7. The van der Waals surface area contributed by atoms with Crippen LogP contribution < -0.4 is 15.2 Å². The summed E-state index contributed by atoms with van der Waals surface area (Å²) in [5.41, 5.74) is 9.89. The van der Waals surface area contributed by atoms with Crippen molar-refractivity contribution in [3.8, 4) is 11.5 Å². The first kappa shape index (κ1) is 28.7. The second-order valence-corrected chi connectivity index (χ2v) is 12.7. The minimum atomic E-state index is -2.11. The van der Waals surface area contributed by atoms with Crippen LogP contribution in [0.1, 0.15) is 61.3 Å². The van der Waals surface area contributed by atoms with Crippen LogP contribution in [0, 0.1) is 0 Å². The summed E-state index contributed by atoms with van der Waals surface area (Å²) in [5.74, 6) is 1.94. The molecule has 0 amide bonds. The van der Waals surface area contributed by atoms with E-state index in [0.717, 1.165) is 11.1 Å². The third-order valence-electron chi connectivity index (χ3n) is 6.47. The summed E-state index contributed by atoms with van der Waals surface area (Å²) in [6.07, 6.45) is 2.25. The van der Waals surface area contributed by atoms with Gasteiger partial charge in [-0.05, 0) is 74.2 Å². The van der Waals surface area contributed by atoms with Gasteiger partial charge >= 0.3 is 0 Å². The van der Waals surface area contributed by atoms with E-state index >= 15 is 0 Å². The van der Waals surface area contributed by atoms with E-state index in [9.17, 15) is 17.5 Å². The Labute approximate surface area is 222 Å². The molecule has 0 aliphatic carbocycles. The lowest BCUT2D eigenvalue weighted by Gasteiger charge is -2.25. The minimum absolute atomic E-state index is 0.274. The van der Waals surface area contributed by atoms with Crippen LogP contribution in [0.25, 0.3) is 0 Å². The summed E-state index contributed by atoms with van der Waals surface area (Å²) in [5, 5.41) is 0. The molecule has 2 atom stereocenters. The van der Waals surface area contributed by atoms with Crippen LogP contribution >= 0.6 is 0 Å². The van der Waals surface area contributed by atoms with Gasteiger partial charge in [0.15, 0.2) is 22.2 Å². The zero-order chi connectivity index (χ0) is 27.5. The molecule has 2 unspecified atom stereocenters. The van der Waals surface area contributed by atoms with E-state index in [1.165, 1.54) is 0 Å². The van der Waals surface area contributed by atoms with Crippen molar-refractivity contribution in [2.75, 3.05) is 20.0 Å². The monoisotopic (exact) mass is 547 g/mol. The molecule has 0 saturated carbocycles. The van der Waals surface area contributed by atoms with Crippen molar-refractivity contribution in [2.24, 2.45) is 0 Å². The van der Waals surface area contributed by atoms with E-state index in [1.807, 2.05) is 6.07 Å². The van der Waals surface area contributed by atoms with Gasteiger partial charge in [-0.15, -0.1) is 0 Å². The van der Waals surface area contributed by atoms with E-state index < -0.39 is 31.7 Å². The first-order valence-corrected chi connectivity index (χ1v) is 13.7. The van der Waals surface area contributed by atoms with Gasteiger partial charge in [0.05, 0.1) is 23.7 Å². The molecular formula is C26H33N3O6S2. The summed E-state index contributed by atoms with van der Waals surface area (Å²) < 4.78 is 52.5. The number of nitrogens with two attached hydrogens (primary N) is 1. The van der Waals surface area contributed by atoms with Crippen LogP contribution in [0.15, 0.2) is 42.6 Å². The number of hydrogen-bond donors (Lipinski definition) is 3. The number of nitrogens with zero attached hydrogens (tertiary/aromatic N) is 2. The van der Waals surface area contributed by atoms with E-state index in [4.69, 9.17) is 15.2 Å². The molecule has 4 N–H and O–H groups in total. The highest BCUT2D eigenvalue weighted by molar-refractivity contribution is 7.80. The van der Waals surface area contributed by atoms with Crippen LogP contribution in [-0.4, -0.2) is 41.7 Å². The summed E-state index contributed by atoms with van der Waals surface area (Å²) in [7, 11) is 3.11. The van der Waals surface area contributed by atoms with E-state index in [-0.39, 0.29) is 12.2 Å². The van der Waals surface area contributed by atoms with Crippen molar-refractivity contribution in [1.82, 2.24) is 9.97 Å². The summed E-state index contributed by atoms with van der Waals surface area (Å²) in [4.78, 5) is 9.02. The number of nitrogen functional groups attached to an aromatic ring is 1. The fraction of sp³-hybridized carbons (Fsp3) is 0.385. The predicted octanol–water partition coefficient (Wildman–Crippen LogP) is 4.17. The SMILES string of the molecule is COc1ccc(C(C)(C)S(=O)O)c(Cc2ncc(Cc3cc(OC)ccc3C(C)(C)S(=O)O)c(N)n2)c1. The lowest BCUT2D eigenvalue weighted by Crippen LogP contribution is -2.25. The van der Waals surface area contributed by atoms with Gasteiger partial charge in [0, 0.05) is 24.6 Å². The van der Waals surface area contributed by atoms with Crippen molar-refractivity contribution in [3.05, 3.63) is 76.2 Å². The molecule has 2 aromatic carbocycles. The van der Waals surface area contributed by atoms with Crippen LogP contribution in [-0.2, 0) is 44.5 Å². The highest BCUT2D eigenvalue weighted by atomic mass is 32.2. The normalized spacial score (nSPS) is 13.7. The molecule has 1 aromatic heterocycles. The maximum Gasteiger partial charge on any atom is 0.163 e. The molecule has 0 saturated heterocycles. The molecule has 0 aliphatic rings. The number of benzene rings is 2. The van der Waals surface area contributed by atoms with Gasteiger partial charge in [-0.1, -0.05) is 12.1 Å². The molecule has 200 valence electrons. The second kappa shape index (κ2) is 11.3.